The van der Waals surface area contributed by atoms with E-state index in [0.29, 0.717) is 13.0 Å². The summed E-state index contributed by atoms with van der Waals surface area (Å²) in [7, 11) is 0. The highest BCUT2D eigenvalue weighted by Gasteiger charge is 2.34. The Morgan fingerprint density at radius 3 is 2.71 bits per heavy atom. The van der Waals surface area contributed by atoms with Crippen molar-refractivity contribution in [1.29, 1.82) is 0 Å². The molecule has 1 heterocycles. The molecule has 2 rings (SSSR count). The Morgan fingerprint density at radius 1 is 1.38 bits per heavy atom. The lowest BCUT2D eigenvalue weighted by molar-refractivity contribution is -0.136. The van der Waals surface area contributed by atoms with Gasteiger partial charge in [-0.25, -0.2) is 4.79 Å². The largest absolute Gasteiger partial charge is 0.418 e. The highest BCUT2D eigenvalue weighted by Crippen LogP contribution is 2.34. The maximum atomic E-state index is 12.8. The molecule has 2 amide bonds. The number of hydrogen-bond acceptors (Lipinski definition) is 3. The molecule has 116 valence electrons. The molecule has 1 aliphatic rings. The molecule has 1 saturated heterocycles. The van der Waals surface area contributed by atoms with E-state index in [1.165, 1.54) is 12.1 Å². The maximum absolute atomic E-state index is 12.8. The molecule has 5 nitrogen and oxygen atoms in total. The van der Waals surface area contributed by atoms with Crippen LogP contribution >= 0.6 is 0 Å². The van der Waals surface area contributed by atoms with E-state index in [-0.39, 0.29) is 18.8 Å². The monoisotopic (exact) mass is 304 g/mol. The van der Waals surface area contributed by atoms with Crippen molar-refractivity contribution < 1.29 is 27.8 Å². The molecule has 0 aliphatic carbocycles. The lowest BCUT2D eigenvalue weighted by atomic mass is 10.0. The van der Waals surface area contributed by atoms with Crippen LogP contribution in [0.15, 0.2) is 24.3 Å². The zero-order valence-corrected chi connectivity index (χ0v) is 11.0. The molecule has 1 atom stereocenters. The average Bonchev–Trinajstić information content (AvgIpc) is 2.83. The number of urea groups is 1. The first-order chi connectivity index (χ1) is 9.80. The third-order valence-electron chi connectivity index (χ3n) is 3.14. The summed E-state index contributed by atoms with van der Waals surface area (Å²) >= 11 is 0. The standard InChI is InChI=1S/C13H15F3N2O3/c14-13(15,16)9-3-1-2-4-10(9)18-11(19)17-7-12(20)5-6-21-8-12/h1-4,20H,5-8H2,(H2,17,18,19). The Labute approximate surface area is 119 Å². The minimum atomic E-state index is -4.55. The van der Waals surface area contributed by atoms with Crippen molar-refractivity contribution in [3.63, 3.8) is 0 Å². The summed E-state index contributed by atoms with van der Waals surface area (Å²) in [6, 6.07) is 3.87. The molecule has 1 fully saturated rings. The molecule has 3 N–H and O–H groups in total. The molecule has 1 aliphatic heterocycles. The first-order valence-corrected chi connectivity index (χ1v) is 6.31. The van der Waals surface area contributed by atoms with E-state index in [4.69, 9.17) is 4.74 Å². The number of carbonyl (C=O) groups is 1. The van der Waals surface area contributed by atoms with Crippen LogP contribution in [0, 0.1) is 0 Å². The van der Waals surface area contributed by atoms with E-state index >= 15 is 0 Å². The second kappa shape index (κ2) is 5.90. The summed E-state index contributed by atoms with van der Waals surface area (Å²) in [5.41, 5.74) is -2.43. The van der Waals surface area contributed by atoms with Crippen LogP contribution in [0.4, 0.5) is 23.7 Å². The second-order valence-electron chi connectivity index (χ2n) is 4.88. The minimum Gasteiger partial charge on any atom is -0.386 e. The third-order valence-corrected chi connectivity index (χ3v) is 3.14. The van der Waals surface area contributed by atoms with Gasteiger partial charge in [0.25, 0.3) is 0 Å². The fraction of sp³-hybridized carbons (Fsp3) is 0.462. The molecule has 0 aromatic heterocycles. The number of nitrogens with one attached hydrogen (secondary N) is 2. The van der Waals surface area contributed by atoms with Gasteiger partial charge in [0, 0.05) is 13.0 Å². The van der Waals surface area contributed by atoms with Crippen LogP contribution in [0.1, 0.15) is 12.0 Å². The quantitative estimate of drug-likeness (QED) is 0.799. The Kier molecular flexibility index (Phi) is 4.38. The van der Waals surface area contributed by atoms with Gasteiger partial charge in [-0.05, 0) is 12.1 Å². The molecule has 8 heteroatoms. The van der Waals surface area contributed by atoms with Gasteiger partial charge in [0.05, 0.1) is 24.4 Å². The number of rotatable bonds is 3. The summed E-state index contributed by atoms with van der Waals surface area (Å²) in [5, 5.41) is 14.4. The van der Waals surface area contributed by atoms with Gasteiger partial charge < -0.3 is 20.5 Å². The number of aliphatic hydroxyl groups is 1. The van der Waals surface area contributed by atoms with Gasteiger partial charge >= 0.3 is 12.2 Å². The summed E-state index contributed by atoms with van der Waals surface area (Å²) in [5.74, 6) is 0. The highest BCUT2D eigenvalue weighted by molar-refractivity contribution is 5.90. The lowest BCUT2D eigenvalue weighted by Crippen LogP contribution is -2.44. The van der Waals surface area contributed by atoms with E-state index < -0.39 is 23.4 Å². The molecule has 21 heavy (non-hydrogen) atoms. The Morgan fingerprint density at radius 2 is 2.10 bits per heavy atom. The summed E-state index contributed by atoms with van der Waals surface area (Å²) in [6.45, 7) is 0.385. The van der Waals surface area contributed by atoms with Gasteiger partial charge in [0.2, 0.25) is 0 Å². The van der Waals surface area contributed by atoms with E-state index in [2.05, 4.69) is 10.6 Å². The number of benzene rings is 1. The van der Waals surface area contributed by atoms with Crippen molar-refractivity contribution in [3.05, 3.63) is 29.8 Å². The van der Waals surface area contributed by atoms with Crippen molar-refractivity contribution in [2.24, 2.45) is 0 Å². The SMILES string of the molecule is O=C(NCC1(O)CCOC1)Nc1ccccc1C(F)(F)F. The van der Waals surface area contributed by atoms with Gasteiger partial charge in [-0.3, -0.25) is 0 Å². The number of halogens is 3. The number of hydrogen-bond donors (Lipinski definition) is 3. The van der Waals surface area contributed by atoms with Gasteiger partial charge in [-0.2, -0.15) is 13.2 Å². The molecule has 0 radical (unpaired) electrons. The number of carbonyl (C=O) groups excluding carboxylic acids is 1. The van der Waals surface area contributed by atoms with E-state index in [1.807, 2.05) is 0 Å². The molecule has 0 saturated carbocycles. The van der Waals surface area contributed by atoms with Gasteiger partial charge in [0.1, 0.15) is 5.60 Å². The van der Waals surface area contributed by atoms with E-state index in [9.17, 15) is 23.1 Å². The van der Waals surface area contributed by atoms with Gasteiger partial charge in [-0.15, -0.1) is 0 Å². The number of ether oxygens (including phenoxy) is 1. The molecule has 0 bridgehead atoms. The van der Waals surface area contributed by atoms with Crippen LogP contribution in [0.25, 0.3) is 0 Å². The molecule has 0 spiro atoms. The van der Waals surface area contributed by atoms with Crippen molar-refractivity contribution in [1.82, 2.24) is 5.32 Å². The van der Waals surface area contributed by atoms with Gasteiger partial charge in [-0.1, -0.05) is 12.1 Å². The fourth-order valence-electron chi connectivity index (χ4n) is 1.99. The van der Waals surface area contributed by atoms with Crippen LogP contribution in [0.3, 0.4) is 0 Å². The predicted molar refractivity (Wildman–Crippen MR) is 68.9 cm³/mol. The average molecular weight is 304 g/mol. The molecular weight excluding hydrogens is 289 g/mol. The van der Waals surface area contributed by atoms with Gasteiger partial charge in [0.15, 0.2) is 0 Å². The van der Waals surface area contributed by atoms with Crippen LogP contribution in [0.5, 0.6) is 0 Å². The van der Waals surface area contributed by atoms with Crippen LogP contribution in [0.2, 0.25) is 0 Å². The Balaban J connectivity index is 1.97. The number of anilines is 1. The van der Waals surface area contributed by atoms with Crippen molar-refractivity contribution in [2.45, 2.75) is 18.2 Å². The summed E-state index contributed by atoms with van der Waals surface area (Å²) < 4.78 is 43.3. The third kappa shape index (κ3) is 4.08. The smallest absolute Gasteiger partial charge is 0.386 e. The summed E-state index contributed by atoms with van der Waals surface area (Å²) in [4.78, 5) is 11.6. The lowest BCUT2D eigenvalue weighted by Gasteiger charge is -2.21. The van der Waals surface area contributed by atoms with Crippen molar-refractivity contribution >= 4 is 11.7 Å². The second-order valence-corrected chi connectivity index (χ2v) is 4.88. The number of amides is 2. The molecule has 1 aromatic rings. The zero-order valence-electron chi connectivity index (χ0n) is 11.0. The minimum absolute atomic E-state index is 0.0897. The number of para-hydroxylation sites is 1. The Hall–Kier alpha value is -1.80. The Bertz CT molecular complexity index is 514. The zero-order chi connectivity index (χ0) is 15.5. The van der Waals surface area contributed by atoms with Crippen molar-refractivity contribution in [3.8, 4) is 0 Å². The normalized spacial score (nSPS) is 22.1. The number of alkyl halides is 3. The first-order valence-electron chi connectivity index (χ1n) is 6.31. The van der Waals surface area contributed by atoms with E-state index in [0.717, 1.165) is 12.1 Å². The predicted octanol–water partition coefficient (Wildman–Crippen LogP) is 1.98. The highest BCUT2D eigenvalue weighted by atomic mass is 19.4. The van der Waals surface area contributed by atoms with E-state index in [1.54, 1.807) is 0 Å². The topological polar surface area (TPSA) is 70.6 Å². The molecular formula is C13H15F3N2O3. The first kappa shape index (κ1) is 15.6. The molecule has 1 aromatic carbocycles. The summed E-state index contributed by atoms with van der Waals surface area (Å²) in [6.07, 6.45) is -4.19. The fourth-order valence-corrected chi connectivity index (χ4v) is 1.99. The maximum Gasteiger partial charge on any atom is 0.418 e. The van der Waals surface area contributed by atoms with Crippen LogP contribution < -0.4 is 10.6 Å². The molecule has 1 unspecified atom stereocenters. The van der Waals surface area contributed by atoms with Crippen LogP contribution in [-0.4, -0.2) is 36.5 Å². The van der Waals surface area contributed by atoms with Crippen molar-refractivity contribution in [2.75, 3.05) is 25.1 Å². The van der Waals surface area contributed by atoms with Crippen LogP contribution in [-0.2, 0) is 10.9 Å².